The van der Waals surface area contributed by atoms with E-state index in [0.29, 0.717) is 44.8 Å². The Labute approximate surface area is 225 Å². The minimum atomic E-state index is -0.0644. The van der Waals surface area contributed by atoms with Crippen molar-refractivity contribution in [2.45, 2.75) is 27.4 Å². The molecule has 4 rings (SSSR count). The molecule has 0 aromatic heterocycles. The smallest absolute Gasteiger partial charge is 0.266 e. The first-order valence-electron chi connectivity index (χ1n) is 11.4. The second-order valence-corrected chi connectivity index (χ2v) is 10.1. The SMILES string of the molecule is CCN1C(=O)/C(=C\c2ccc(OCc3ccc(Cl)c(Cl)c3)c(OC)c2)SC1=Nc1cc(C)ccc1C. The maximum absolute atomic E-state index is 13.1. The Morgan fingerprint density at radius 2 is 1.81 bits per heavy atom. The summed E-state index contributed by atoms with van der Waals surface area (Å²) in [6.07, 6.45) is 1.85. The van der Waals surface area contributed by atoms with Gasteiger partial charge in [0.05, 0.1) is 27.7 Å². The van der Waals surface area contributed by atoms with Crippen molar-refractivity contribution in [2.24, 2.45) is 4.99 Å². The van der Waals surface area contributed by atoms with Crippen molar-refractivity contribution >= 4 is 57.8 Å². The average Bonchev–Trinajstić information content (AvgIpc) is 3.15. The molecule has 0 atom stereocenters. The lowest BCUT2D eigenvalue weighted by atomic mass is 10.1. The number of thioether (sulfide) groups is 1. The summed E-state index contributed by atoms with van der Waals surface area (Å²) in [6.45, 7) is 6.85. The largest absolute Gasteiger partial charge is 0.493 e. The first-order chi connectivity index (χ1) is 17.3. The van der Waals surface area contributed by atoms with E-state index in [1.807, 2.05) is 63.2 Å². The van der Waals surface area contributed by atoms with E-state index in [4.69, 9.17) is 37.7 Å². The van der Waals surface area contributed by atoms with Crippen LogP contribution in [-0.4, -0.2) is 29.6 Å². The zero-order chi connectivity index (χ0) is 25.8. The first-order valence-corrected chi connectivity index (χ1v) is 13.0. The molecule has 5 nitrogen and oxygen atoms in total. The molecular formula is C28H26Cl2N2O3S. The van der Waals surface area contributed by atoms with Crippen LogP contribution in [-0.2, 0) is 11.4 Å². The van der Waals surface area contributed by atoms with Crippen molar-refractivity contribution in [1.82, 2.24) is 4.90 Å². The van der Waals surface area contributed by atoms with Gasteiger partial charge in [0.2, 0.25) is 0 Å². The molecule has 0 radical (unpaired) electrons. The van der Waals surface area contributed by atoms with E-state index in [-0.39, 0.29) is 5.91 Å². The highest BCUT2D eigenvalue weighted by Crippen LogP contribution is 2.36. The van der Waals surface area contributed by atoms with E-state index in [1.54, 1.807) is 24.1 Å². The molecular weight excluding hydrogens is 515 g/mol. The minimum Gasteiger partial charge on any atom is -0.493 e. The van der Waals surface area contributed by atoms with E-state index in [9.17, 15) is 4.79 Å². The van der Waals surface area contributed by atoms with Gasteiger partial charge in [-0.25, -0.2) is 4.99 Å². The van der Waals surface area contributed by atoms with Crippen LogP contribution in [0.15, 0.2) is 64.5 Å². The second kappa shape index (κ2) is 11.4. The van der Waals surface area contributed by atoms with Crippen LogP contribution >= 0.6 is 35.0 Å². The predicted molar refractivity (Wildman–Crippen MR) is 150 cm³/mol. The summed E-state index contributed by atoms with van der Waals surface area (Å²) in [7, 11) is 1.58. The molecule has 36 heavy (non-hydrogen) atoms. The third-order valence-electron chi connectivity index (χ3n) is 5.65. The van der Waals surface area contributed by atoms with E-state index in [2.05, 4.69) is 6.07 Å². The number of hydrogen-bond donors (Lipinski definition) is 0. The Kier molecular flexibility index (Phi) is 8.29. The summed E-state index contributed by atoms with van der Waals surface area (Å²) >= 11 is 13.5. The quantitative estimate of drug-likeness (QED) is 0.286. The molecule has 0 bridgehead atoms. The third-order valence-corrected chi connectivity index (χ3v) is 7.39. The van der Waals surface area contributed by atoms with Gasteiger partial charge in [-0.3, -0.25) is 9.69 Å². The van der Waals surface area contributed by atoms with Gasteiger partial charge in [-0.2, -0.15) is 0 Å². The number of rotatable bonds is 7. The fourth-order valence-electron chi connectivity index (χ4n) is 3.65. The molecule has 186 valence electrons. The van der Waals surface area contributed by atoms with Crippen molar-refractivity contribution in [2.75, 3.05) is 13.7 Å². The first kappa shape index (κ1) is 26.1. The molecule has 0 unspecified atom stereocenters. The number of amides is 1. The zero-order valence-corrected chi connectivity index (χ0v) is 22.8. The summed E-state index contributed by atoms with van der Waals surface area (Å²) in [5.74, 6) is 1.09. The van der Waals surface area contributed by atoms with Crippen LogP contribution in [0.1, 0.15) is 29.2 Å². The second-order valence-electron chi connectivity index (χ2n) is 8.29. The Morgan fingerprint density at radius 3 is 2.53 bits per heavy atom. The van der Waals surface area contributed by atoms with Crippen molar-refractivity contribution < 1.29 is 14.3 Å². The number of nitrogens with zero attached hydrogens (tertiary/aromatic N) is 2. The number of likely N-dealkylation sites (N-methyl/N-ethyl adjacent to an activating group) is 1. The predicted octanol–water partition coefficient (Wildman–Crippen LogP) is 7.82. The maximum Gasteiger partial charge on any atom is 0.266 e. The van der Waals surface area contributed by atoms with Crippen LogP contribution in [0.2, 0.25) is 10.0 Å². The molecule has 3 aromatic rings. The van der Waals surface area contributed by atoms with Gasteiger partial charge >= 0.3 is 0 Å². The molecule has 1 fully saturated rings. The van der Waals surface area contributed by atoms with Crippen LogP contribution in [0.4, 0.5) is 5.69 Å². The normalized spacial score (nSPS) is 15.7. The number of aryl methyl sites for hydroxylation is 2. The summed E-state index contributed by atoms with van der Waals surface area (Å²) in [6, 6.07) is 17.1. The molecule has 0 aliphatic carbocycles. The summed E-state index contributed by atoms with van der Waals surface area (Å²) in [5, 5.41) is 1.65. The standard InChI is InChI=1S/C28H26Cl2N2O3S/c1-5-32-27(33)26(36-28(32)31-23-12-17(2)6-7-18(23)3)15-19-9-11-24(25(14-19)34-4)35-16-20-8-10-21(29)22(30)13-20/h6-15H,5,16H2,1-4H3/b26-15+,31-28?. The maximum atomic E-state index is 13.1. The molecule has 1 aliphatic rings. The number of aliphatic imine (C=N–C) groups is 1. The van der Waals surface area contributed by atoms with Crippen LogP contribution < -0.4 is 9.47 Å². The van der Waals surface area contributed by atoms with Crippen LogP contribution in [0, 0.1) is 13.8 Å². The average molecular weight is 542 g/mol. The minimum absolute atomic E-state index is 0.0644. The Bertz CT molecular complexity index is 1370. The van der Waals surface area contributed by atoms with Gasteiger partial charge in [0.15, 0.2) is 16.7 Å². The van der Waals surface area contributed by atoms with Gasteiger partial charge in [-0.15, -0.1) is 0 Å². The molecule has 8 heteroatoms. The molecule has 0 saturated carbocycles. The number of carbonyl (C=O) groups is 1. The Balaban J connectivity index is 1.56. The van der Waals surface area contributed by atoms with Gasteiger partial charge in [-0.05, 0) is 91.2 Å². The van der Waals surface area contributed by atoms with Crippen molar-refractivity contribution in [3.8, 4) is 11.5 Å². The van der Waals surface area contributed by atoms with E-state index < -0.39 is 0 Å². The lowest BCUT2D eigenvalue weighted by molar-refractivity contribution is -0.122. The highest BCUT2D eigenvalue weighted by atomic mass is 35.5. The fourth-order valence-corrected chi connectivity index (χ4v) is 5.02. The number of carbonyl (C=O) groups excluding carboxylic acids is 1. The number of ether oxygens (including phenoxy) is 2. The molecule has 0 spiro atoms. The number of amidine groups is 1. The molecule has 1 amide bonds. The van der Waals surface area contributed by atoms with Gasteiger partial charge in [0, 0.05) is 6.54 Å². The van der Waals surface area contributed by atoms with Gasteiger partial charge < -0.3 is 9.47 Å². The fraction of sp³-hybridized carbons (Fsp3) is 0.214. The topological polar surface area (TPSA) is 51.1 Å². The molecule has 3 aromatic carbocycles. The number of methoxy groups -OCH3 is 1. The molecule has 1 heterocycles. The van der Waals surface area contributed by atoms with Gasteiger partial charge in [-0.1, -0.05) is 47.5 Å². The number of halogens is 2. The van der Waals surface area contributed by atoms with Crippen molar-refractivity contribution in [1.29, 1.82) is 0 Å². The lowest BCUT2D eigenvalue weighted by Gasteiger charge is -2.13. The highest BCUT2D eigenvalue weighted by Gasteiger charge is 2.32. The summed E-state index contributed by atoms with van der Waals surface area (Å²) in [4.78, 5) is 20.2. The summed E-state index contributed by atoms with van der Waals surface area (Å²) in [5.41, 5.74) is 4.78. The number of benzene rings is 3. The Hall–Kier alpha value is -2.93. The van der Waals surface area contributed by atoms with Gasteiger partial charge in [0.1, 0.15) is 6.61 Å². The van der Waals surface area contributed by atoms with E-state index in [0.717, 1.165) is 27.9 Å². The highest BCUT2D eigenvalue weighted by molar-refractivity contribution is 8.18. The van der Waals surface area contributed by atoms with Crippen molar-refractivity contribution in [3.05, 3.63) is 91.8 Å². The van der Waals surface area contributed by atoms with Crippen LogP contribution in [0.5, 0.6) is 11.5 Å². The van der Waals surface area contributed by atoms with Gasteiger partial charge in [0.25, 0.3) is 5.91 Å². The monoisotopic (exact) mass is 540 g/mol. The summed E-state index contributed by atoms with van der Waals surface area (Å²) < 4.78 is 11.5. The number of hydrogen-bond acceptors (Lipinski definition) is 5. The van der Waals surface area contributed by atoms with Crippen LogP contribution in [0.25, 0.3) is 6.08 Å². The molecule has 1 saturated heterocycles. The third kappa shape index (κ3) is 5.89. The van der Waals surface area contributed by atoms with Crippen molar-refractivity contribution in [3.63, 3.8) is 0 Å². The van der Waals surface area contributed by atoms with E-state index >= 15 is 0 Å². The molecule has 0 N–H and O–H groups in total. The lowest BCUT2D eigenvalue weighted by Crippen LogP contribution is -2.28. The Morgan fingerprint density at radius 1 is 1.00 bits per heavy atom. The zero-order valence-electron chi connectivity index (χ0n) is 20.5. The van der Waals surface area contributed by atoms with Crippen LogP contribution in [0.3, 0.4) is 0 Å². The molecule has 1 aliphatic heterocycles. The van der Waals surface area contributed by atoms with E-state index in [1.165, 1.54) is 11.8 Å².